The van der Waals surface area contributed by atoms with E-state index in [1.807, 2.05) is 61.1 Å². The standard InChI is InChI=1S/C20H23N5OS/c1-15-13-25-18(12-17(22-25)20(26)24-8-10-27-11-9-24)19(21-15)23(2)14-16-6-4-3-5-7-16/h3-7,12-13H,8-11,14H2,1-2H3. The van der Waals surface area contributed by atoms with E-state index in [1.165, 1.54) is 5.56 Å². The molecule has 0 spiro atoms. The third-order valence-electron chi connectivity index (χ3n) is 4.70. The Labute approximate surface area is 163 Å². The quantitative estimate of drug-likeness (QED) is 0.696. The molecular weight excluding hydrogens is 358 g/mol. The Bertz CT molecular complexity index is 950. The second-order valence-corrected chi connectivity index (χ2v) is 8.04. The summed E-state index contributed by atoms with van der Waals surface area (Å²) in [4.78, 5) is 21.5. The van der Waals surface area contributed by atoms with Crippen molar-refractivity contribution in [3.8, 4) is 0 Å². The van der Waals surface area contributed by atoms with E-state index in [4.69, 9.17) is 4.98 Å². The molecule has 140 valence electrons. The van der Waals surface area contributed by atoms with Crippen LogP contribution in [0, 0.1) is 6.92 Å². The van der Waals surface area contributed by atoms with Crippen molar-refractivity contribution in [2.24, 2.45) is 0 Å². The van der Waals surface area contributed by atoms with Gasteiger partial charge in [0.1, 0.15) is 5.52 Å². The van der Waals surface area contributed by atoms with Crippen LogP contribution < -0.4 is 4.90 Å². The van der Waals surface area contributed by atoms with E-state index in [0.717, 1.165) is 48.2 Å². The van der Waals surface area contributed by atoms with Crippen molar-refractivity contribution in [3.05, 3.63) is 59.5 Å². The normalized spacial score (nSPS) is 14.5. The third-order valence-corrected chi connectivity index (χ3v) is 5.64. The van der Waals surface area contributed by atoms with Gasteiger partial charge in [-0.2, -0.15) is 16.9 Å². The molecule has 2 aromatic heterocycles. The second kappa shape index (κ2) is 7.60. The van der Waals surface area contributed by atoms with E-state index in [0.29, 0.717) is 5.69 Å². The minimum atomic E-state index is 0.00770. The lowest BCUT2D eigenvalue weighted by molar-refractivity contribution is 0.0766. The summed E-state index contributed by atoms with van der Waals surface area (Å²) in [6, 6.07) is 12.2. The lowest BCUT2D eigenvalue weighted by Crippen LogP contribution is -2.38. The Balaban J connectivity index is 1.66. The fourth-order valence-electron chi connectivity index (χ4n) is 3.34. The van der Waals surface area contributed by atoms with E-state index in [2.05, 4.69) is 22.1 Å². The predicted molar refractivity (Wildman–Crippen MR) is 110 cm³/mol. The SMILES string of the molecule is Cc1cn2nc(C(=O)N3CCSCC3)cc2c(N(C)Cc2ccccc2)n1. The van der Waals surface area contributed by atoms with Crippen molar-refractivity contribution in [2.45, 2.75) is 13.5 Å². The Morgan fingerprint density at radius 2 is 1.96 bits per heavy atom. The van der Waals surface area contributed by atoms with Gasteiger partial charge in [-0.3, -0.25) is 4.79 Å². The first-order chi connectivity index (χ1) is 13.1. The number of nitrogens with zero attached hydrogens (tertiary/aromatic N) is 5. The molecule has 3 heterocycles. The summed E-state index contributed by atoms with van der Waals surface area (Å²) < 4.78 is 1.78. The predicted octanol–water partition coefficient (Wildman–Crippen LogP) is 2.86. The number of aryl methyl sites for hydroxylation is 1. The average molecular weight is 382 g/mol. The van der Waals surface area contributed by atoms with Gasteiger partial charge >= 0.3 is 0 Å². The summed E-state index contributed by atoms with van der Waals surface area (Å²) in [5.41, 5.74) is 3.43. The number of carbonyl (C=O) groups is 1. The third kappa shape index (κ3) is 3.78. The number of thioether (sulfide) groups is 1. The lowest BCUT2D eigenvalue weighted by atomic mass is 10.2. The summed E-state index contributed by atoms with van der Waals surface area (Å²) in [6.45, 7) is 4.26. The molecule has 0 unspecified atom stereocenters. The van der Waals surface area contributed by atoms with Gasteiger partial charge in [-0.25, -0.2) is 9.50 Å². The van der Waals surface area contributed by atoms with Crippen LogP contribution in [0.25, 0.3) is 5.52 Å². The highest BCUT2D eigenvalue weighted by molar-refractivity contribution is 7.99. The van der Waals surface area contributed by atoms with Crippen LogP contribution in [0.5, 0.6) is 0 Å². The maximum Gasteiger partial charge on any atom is 0.274 e. The molecule has 1 saturated heterocycles. The van der Waals surface area contributed by atoms with Gasteiger partial charge < -0.3 is 9.80 Å². The van der Waals surface area contributed by atoms with Crippen LogP contribution in [0.1, 0.15) is 21.7 Å². The fraction of sp³-hybridized carbons (Fsp3) is 0.350. The Morgan fingerprint density at radius 3 is 2.70 bits per heavy atom. The fourth-order valence-corrected chi connectivity index (χ4v) is 4.24. The van der Waals surface area contributed by atoms with E-state index in [9.17, 15) is 4.79 Å². The molecule has 4 rings (SSSR count). The first-order valence-corrected chi connectivity index (χ1v) is 10.3. The molecule has 0 N–H and O–H groups in total. The van der Waals surface area contributed by atoms with E-state index in [1.54, 1.807) is 4.52 Å². The molecule has 0 bridgehead atoms. The number of aromatic nitrogens is 3. The Kier molecular flexibility index (Phi) is 5.03. The average Bonchev–Trinajstić information content (AvgIpc) is 3.12. The molecule has 27 heavy (non-hydrogen) atoms. The molecule has 6 nitrogen and oxygen atoms in total. The van der Waals surface area contributed by atoms with Crippen LogP contribution >= 0.6 is 11.8 Å². The summed E-state index contributed by atoms with van der Waals surface area (Å²) >= 11 is 1.89. The zero-order chi connectivity index (χ0) is 18.8. The minimum absolute atomic E-state index is 0.00770. The Hall–Kier alpha value is -2.54. The van der Waals surface area contributed by atoms with Gasteiger partial charge in [0.2, 0.25) is 0 Å². The van der Waals surface area contributed by atoms with Gasteiger partial charge in [-0.15, -0.1) is 0 Å². The highest BCUT2D eigenvalue weighted by atomic mass is 32.2. The van der Waals surface area contributed by atoms with E-state index >= 15 is 0 Å². The summed E-state index contributed by atoms with van der Waals surface area (Å²) in [5, 5.41) is 4.55. The molecular formula is C20H23N5OS. The number of benzene rings is 1. The molecule has 1 aromatic carbocycles. The van der Waals surface area contributed by atoms with Gasteiger partial charge in [0, 0.05) is 44.3 Å². The topological polar surface area (TPSA) is 53.7 Å². The van der Waals surface area contributed by atoms with Crippen LogP contribution in [0.3, 0.4) is 0 Å². The lowest BCUT2D eigenvalue weighted by Gasteiger charge is -2.25. The van der Waals surface area contributed by atoms with Crippen LogP contribution in [0.4, 0.5) is 5.82 Å². The van der Waals surface area contributed by atoms with Gasteiger partial charge in [0.05, 0.1) is 11.9 Å². The number of rotatable bonds is 4. The first kappa shape index (κ1) is 17.9. The van der Waals surface area contributed by atoms with Crippen molar-refractivity contribution < 1.29 is 4.79 Å². The molecule has 0 radical (unpaired) electrons. The summed E-state index contributed by atoms with van der Waals surface area (Å²) in [6.07, 6.45) is 1.87. The van der Waals surface area contributed by atoms with E-state index in [-0.39, 0.29) is 5.91 Å². The maximum atomic E-state index is 12.8. The largest absolute Gasteiger partial charge is 0.354 e. The molecule has 0 aliphatic carbocycles. The van der Waals surface area contributed by atoms with Crippen molar-refractivity contribution in [3.63, 3.8) is 0 Å². The monoisotopic (exact) mass is 381 g/mol. The molecule has 1 aliphatic rings. The zero-order valence-corrected chi connectivity index (χ0v) is 16.4. The highest BCUT2D eigenvalue weighted by Gasteiger charge is 2.22. The molecule has 1 aliphatic heterocycles. The number of anilines is 1. The molecule has 1 amide bonds. The van der Waals surface area contributed by atoms with Crippen LogP contribution in [0.15, 0.2) is 42.6 Å². The minimum Gasteiger partial charge on any atom is -0.354 e. The number of amides is 1. The molecule has 0 saturated carbocycles. The van der Waals surface area contributed by atoms with Crippen LogP contribution in [0.2, 0.25) is 0 Å². The number of carbonyl (C=O) groups excluding carboxylic acids is 1. The van der Waals surface area contributed by atoms with E-state index < -0.39 is 0 Å². The van der Waals surface area contributed by atoms with Gasteiger partial charge in [-0.05, 0) is 12.5 Å². The van der Waals surface area contributed by atoms with Crippen LogP contribution in [-0.4, -0.2) is 57.0 Å². The first-order valence-electron chi connectivity index (χ1n) is 9.11. The van der Waals surface area contributed by atoms with Crippen molar-refractivity contribution >= 4 is 29.0 Å². The van der Waals surface area contributed by atoms with Gasteiger partial charge in [0.15, 0.2) is 11.5 Å². The number of hydrogen-bond acceptors (Lipinski definition) is 5. The zero-order valence-electron chi connectivity index (χ0n) is 15.6. The summed E-state index contributed by atoms with van der Waals surface area (Å²) in [5.74, 6) is 2.82. The smallest absolute Gasteiger partial charge is 0.274 e. The van der Waals surface area contributed by atoms with Crippen molar-refractivity contribution in [1.82, 2.24) is 19.5 Å². The highest BCUT2D eigenvalue weighted by Crippen LogP contribution is 2.23. The van der Waals surface area contributed by atoms with Gasteiger partial charge in [0.25, 0.3) is 5.91 Å². The van der Waals surface area contributed by atoms with Crippen molar-refractivity contribution in [1.29, 1.82) is 0 Å². The molecule has 7 heteroatoms. The molecule has 3 aromatic rings. The Morgan fingerprint density at radius 1 is 1.22 bits per heavy atom. The number of fused-ring (bicyclic) bond motifs is 1. The molecule has 0 atom stereocenters. The maximum absolute atomic E-state index is 12.8. The second-order valence-electron chi connectivity index (χ2n) is 6.81. The van der Waals surface area contributed by atoms with Gasteiger partial charge in [-0.1, -0.05) is 30.3 Å². The molecule has 1 fully saturated rings. The van der Waals surface area contributed by atoms with Crippen molar-refractivity contribution in [2.75, 3.05) is 36.5 Å². The summed E-state index contributed by atoms with van der Waals surface area (Å²) in [7, 11) is 2.02. The van der Waals surface area contributed by atoms with Crippen LogP contribution in [-0.2, 0) is 6.54 Å². The number of hydrogen-bond donors (Lipinski definition) is 0.